The van der Waals surface area contributed by atoms with Gasteiger partial charge in [-0.15, -0.1) is 0 Å². The van der Waals surface area contributed by atoms with Gasteiger partial charge in [0.1, 0.15) is 6.61 Å². The normalized spacial score (nSPS) is 22.5. The molecule has 122 valence electrons. The van der Waals surface area contributed by atoms with Gasteiger partial charge in [0.2, 0.25) is 11.8 Å². The van der Waals surface area contributed by atoms with Crippen molar-refractivity contribution in [3.63, 3.8) is 0 Å². The lowest BCUT2D eigenvalue weighted by Gasteiger charge is -2.46. The predicted octanol–water partition coefficient (Wildman–Crippen LogP) is 1.05. The number of methoxy groups -OCH3 is 1. The zero-order valence-corrected chi connectivity index (χ0v) is 13.4. The van der Waals surface area contributed by atoms with Gasteiger partial charge in [-0.3, -0.25) is 9.69 Å². The maximum absolute atomic E-state index is 11.7. The summed E-state index contributed by atoms with van der Waals surface area (Å²) in [6, 6.07) is 0. The minimum absolute atomic E-state index is 0.282. The highest BCUT2D eigenvalue weighted by Crippen LogP contribution is 2.39. The third-order valence-corrected chi connectivity index (χ3v) is 4.93. The fourth-order valence-corrected chi connectivity index (χ4v) is 3.56. The second-order valence-electron chi connectivity index (χ2n) is 6.56. The summed E-state index contributed by atoms with van der Waals surface area (Å²) in [4.78, 5) is 20.2. The number of carbonyl (C=O) groups excluding carboxylic acids is 1. The number of ether oxygens (including phenoxy) is 1. The molecule has 0 saturated carbocycles. The van der Waals surface area contributed by atoms with Gasteiger partial charge in [-0.25, -0.2) is 0 Å². The molecule has 1 aromatic rings. The smallest absolute Gasteiger partial charge is 0.240 e. The van der Waals surface area contributed by atoms with E-state index in [1.54, 1.807) is 7.11 Å². The van der Waals surface area contributed by atoms with Gasteiger partial charge in [0.15, 0.2) is 5.82 Å². The van der Waals surface area contributed by atoms with Gasteiger partial charge >= 0.3 is 0 Å². The van der Waals surface area contributed by atoms with E-state index in [9.17, 15) is 4.79 Å². The van der Waals surface area contributed by atoms with Crippen LogP contribution < -0.4 is 0 Å². The predicted molar refractivity (Wildman–Crippen MR) is 78.8 cm³/mol. The van der Waals surface area contributed by atoms with E-state index in [4.69, 9.17) is 9.26 Å². The summed E-state index contributed by atoms with van der Waals surface area (Å²) in [5.41, 5.74) is 0.315. The van der Waals surface area contributed by atoms with Crippen LogP contribution in [-0.2, 0) is 22.7 Å². The topological polar surface area (TPSA) is 71.7 Å². The number of nitrogens with zero attached hydrogens (tertiary/aromatic N) is 4. The van der Waals surface area contributed by atoms with Gasteiger partial charge in [-0.2, -0.15) is 4.98 Å². The number of carbonyl (C=O) groups is 1. The lowest BCUT2D eigenvalue weighted by molar-refractivity contribution is -0.137. The van der Waals surface area contributed by atoms with Gasteiger partial charge in [0.25, 0.3) is 0 Å². The summed E-state index contributed by atoms with van der Waals surface area (Å²) in [6.07, 6.45) is 3.98. The summed E-state index contributed by atoms with van der Waals surface area (Å²) < 4.78 is 10.2. The van der Waals surface area contributed by atoms with Crippen LogP contribution in [0.2, 0.25) is 0 Å². The molecule has 2 saturated heterocycles. The lowest BCUT2D eigenvalue weighted by atomic mass is 9.72. The number of rotatable bonds is 4. The average molecular weight is 308 g/mol. The van der Waals surface area contributed by atoms with Crippen LogP contribution in [0.5, 0.6) is 0 Å². The fraction of sp³-hybridized carbons (Fsp3) is 0.800. The van der Waals surface area contributed by atoms with Crippen molar-refractivity contribution in [3.05, 3.63) is 11.7 Å². The Hall–Kier alpha value is -1.47. The molecule has 2 aliphatic rings. The Labute approximate surface area is 130 Å². The summed E-state index contributed by atoms with van der Waals surface area (Å²) in [6.45, 7) is 4.01. The highest BCUT2D eigenvalue weighted by atomic mass is 16.5. The molecule has 3 rings (SSSR count). The van der Waals surface area contributed by atoms with Crippen molar-refractivity contribution in [1.82, 2.24) is 19.9 Å². The summed E-state index contributed by atoms with van der Waals surface area (Å²) in [5, 5.41) is 3.89. The van der Waals surface area contributed by atoms with Gasteiger partial charge in [-0.1, -0.05) is 5.16 Å². The Morgan fingerprint density at radius 1 is 1.32 bits per heavy atom. The second kappa shape index (κ2) is 6.34. The van der Waals surface area contributed by atoms with Gasteiger partial charge < -0.3 is 14.2 Å². The van der Waals surface area contributed by atoms with Crippen molar-refractivity contribution < 1.29 is 14.1 Å². The Morgan fingerprint density at radius 3 is 2.77 bits per heavy atom. The van der Waals surface area contributed by atoms with Crippen molar-refractivity contribution in [3.8, 4) is 0 Å². The molecule has 22 heavy (non-hydrogen) atoms. The van der Waals surface area contributed by atoms with Crippen LogP contribution in [0.3, 0.4) is 0 Å². The number of piperidine rings is 2. The van der Waals surface area contributed by atoms with Crippen LogP contribution >= 0.6 is 0 Å². The highest BCUT2D eigenvalue weighted by Gasteiger charge is 2.39. The van der Waals surface area contributed by atoms with Gasteiger partial charge in [0, 0.05) is 27.1 Å². The molecule has 1 aromatic heterocycles. The maximum Gasteiger partial charge on any atom is 0.240 e. The van der Waals surface area contributed by atoms with E-state index in [2.05, 4.69) is 15.0 Å². The SMILES string of the molecule is COCc1noc(CN2CCC3(CCC(=O)N(C)C3)CC2)n1. The van der Waals surface area contributed by atoms with Crippen LogP contribution in [0.4, 0.5) is 0 Å². The van der Waals surface area contributed by atoms with Crippen LogP contribution in [0.1, 0.15) is 37.4 Å². The molecule has 0 N–H and O–H groups in total. The van der Waals surface area contributed by atoms with Crippen molar-refractivity contribution in [2.45, 2.75) is 38.8 Å². The van der Waals surface area contributed by atoms with Crippen molar-refractivity contribution in [2.24, 2.45) is 5.41 Å². The second-order valence-corrected chi connectivity index (χ2v) is 6.56. The van der Waals surface area contributed by atoms with E-state index in [0.29, 0.717) is 36.7 Å². The third-order valence-electron chi connectivity index (χ3n) is 4.93. The molecule has 1 spiro atoms. The van der Waals surface area contributed by atoms with Crippen molar-refractivity contribution in [2.75, 3.05) is 33.8 Å². The van der Waals surface area contributed by atoms with Crippen molar-refractivity contribution >= 4 is 5.91 Å². The quantitative estimate of drug-likeness (QED) is 0.828. The molecular formula is C15H24N4O3. The molecule has 0 bridgehead atoms. The maximum atomic E-state index is 11.7. The first kappa shape index (κ1) is 15.4. The molecule has 2 aliphatic heterocycles. The zero-order valence-electron chi connectivity index (χ0n) is 13.4. The number of hydrogen-bond donors (Lipinski definition) is 0. The van der Waals surface area contributed by atoms with Crippen molar-refractivity contribution in [1.29, 1.82) is 0 Å². The molecule has 0 aromatic carbocycles. The molecule has 7 heteroatoms. The van der Waals surface area contributed by atoms with E-state index in [1.165, 1.54) is 0 Å². The van der Waals surface area contributed by atoms with Crippen LogP contribution in [0.15, 0.2) is 4.52 Å². The zero-order chi connectivity index (χ0) is 15.6. The largest absolute Gasteiger partial charge is 0.377 e. The van der Waals surface area contributed by atoms with E-state index >= 15 is 0 Å². The third kappa shape index (κ3) is 3.30. The first-order valence-corrected chi connectivity index (χ1v) is 7.87. The molecule has 0 atom stereocenters. The highest BCUT2D eigenvalue weighted by molar-refractivity contribution is 5.76. The molecule has 3 heterocycles. The molecular weight excluding hydrogens is 284 g/mol. The molecule has 1 amide bonds. The summed E-state index contributed by atoms with van der Waals surface area (Å²) >= 11 is 0. The Morgan fingerprint density at radius 2 is 2.09 bits per heavy atom. The molecule has 0 aliphatic carbocycles. The molecule has 7 nitrogen and oxygen atoms in total. The Kier molecular flexibility index (Phi) is 4.44. The number of aromatic nitrogens is 2. The van der Waals surface area contributed by atoms with E-state index in [-0.39, 0.29) is 5.91 Å². The van der Waals surface area contributed by atoms with Crippen LogP contribution in [0.25, 0.3) is 0 Å². The minimum Gasteiger partial charge on any atom is -0.377 e. The first-order chi connectivity index (χ1) is 10.6. The van der Waals surface area contributed by atoms with Gasteiger partial charge in [-0.05, 0) is 37.8 Å². The summed E-state index contributed by atoms with van der Waals surface area (Å²) in [5.74, 6) is 1.53. The fourth-order valence-electron chi connectivity index (χ4n) is 3.56. The molecule has 0 unspecified atom stereocenters. The van der Waals surface area contributed by atoms with E-state index in [0.717, 1.165) is 38.9 Å². The number of hydrogen-bond acceptors (Lipinski definition) is 6. The monoisotopic (exact) mass is 308 g/mol. The van der Waals surface area contributed by atoms with Crippen LogP contribution in [-0.4, -0.2) is 59.6 Å². The lowest BCUT2D eigenvalue weighted by Crippen LogP contribution is -2.50. The number of amides is 1. The van der Waals surface area contributed by atoms with E-state index in [1.807, 2.05) is 11.9 Å². The average Bonchev–Trinajstić information content (AvgIpc) is 2.94. The standard InChI is InChI=1S/C15H24N4O3/c1-18-11-15(4-3-14(18)20)5-7-19(8-6-15)9-13-16-12(10-21-2)17-22-13/h3-11H2,1-2H3. The molecule has 0 radical (unpaired) electrons. The van der Waals surface area contributed by atoms with Gasteiger partial charge in [0.05, 0.1) is 6.54 Å². The Balaban J connectivity index is 1.52. The van der Waals surface area contributed by atoms with Crippen LogP contribution in [0, 0.1) is 5.41 Å². The Bertz CT molecular complexity index is 523. The van der Waals surface area contributed by atoms with E-state index < -0.39 is 0 Å². The first-order valence-electron chi connectivity index (χ1n) is 7.87. The molecule has 2 fully saturated rings. The number of likely N-dealkylation sites (tertiary alicyclic amines) is 2. The minimum atomic E-state index is 0.282. The summed E-state index contributed by atoms with van der Waals surface area (Å²) in [7, 11) is 3.54.